The lowest BCUT2D eigenvalue weighted by atomic mass is 9.99. The number of halogens is 1. The minimum absolute atomic E-state index is 0.0164. The maximum Gasteiger partial charge on any atom is 0.308 e. The van der Waals surface area contributed by atoms with Gasteiger partial charge in [-0.3, -0.25) is 4.79 Å². The monoisotopic (exact) mass is 248 g/mol. The van der Waals surface area contributed by atoms with Crippen LogP contribution in [0.25, 0.3) is 0 Å². The van der Waals surface area contributed by atoms with Crippen LogP contribution in [0, 0.1) is 29.0 Å². The summed E-state index contributed by atoms with van der Waals surface area (Å²) in [5, 5.41) is 18.0. The first kappa shape index (κ1) is 12.4. The van der Waals surface area contributed by atoms with Gasteiger partial charge in [-0.25, -0.2) is 4.39 Å². The zero-order valence-electron chi connectivity index (χ0n) is 9.93. The topological polar surface area (TPSA) is 64.3 Å². The summed E-state index contributed by atoms with van der Waals surface area (Å²) in [6.07, 6.45) is 0. The smallest absolute Gasteiger partial charge is 0.308 e. The van der Waals surface area contributed by atoms with Gasteiger partial charge in [0.15, 0.2) is 0 Å². The number of nitrogens with zero attached hydrogens (tertiary/aromatic N) is 2. The first-order chi connectivity index (χ1) is 8.54. The summed E-state index contributed by atoms with van der Waals surface area (Å²) in [6.45, 7) is 2.69. The largest absolute Gasteiger partial charge is 0.481 e. The third-order valence-electron chi connectivity index (χ3n) is 3.37. The highest BCUT2D eigenvalue weighted by atomic mass is 19.1. The van der Waals surface area contributed by atoms with E-state index in [0.29, 0.717) is 18.8 Å². The minimum Gasteiger partial charge on any atom is -0.481 e. The van der Waals surface area contributed by atoms with E-state index >= 15 is 0 Å². The first-order valence-electron chi connectivity index (χ1n) is 5.71. The molecule has 18 heavy (non-hydrogen) atoms. The minimum atomic E-state index is -0.847. The van der Waals surface area contributed by atoms with Crippen LogP contribution in [0.3, 0.4) is 0 Å². The summed E-state index contributed by atoms with van der Waals surface area (Å²) in [7, 11) is 0. The predicted octanol–water partition coefficient (Wildman–Crippen LogP) is 1.85. The van der Waals surface area contributed by atoms with Gasteiger partial charge in [-0.2, -0.15) is 5.26 Å². The average Bonchev–Trinajstić information content (AvgIpc) is 2.71. The summed E-state index contributed by atoms with van der Waals surface area (Å²) in [5.74, 6) is -1.90. The number of carboxylic acids is 1. The van der Waals surface area contributed by atoms with Crippen LogP contribution < -0.4 is 4.90 Å². The van der Waals surface area contributed by atoms with Gasteiger partial charge in [-0.05, 0) is 18.1 Å². The fourth-order valence-electron chi connectivity index (χ4n) is 2.37. The number of hydrogen-bond donors (Lipinski definition) is 1. The zero-order valence-corrected chi connectivity index (χ0v) is 9.93. The van der Waals surface area contributed by atoms with E-state index in [1.165, 1.54) is 12.1 Å². The summed E-state index contributed by atoms with van der Waals surface area (Å²) in [5.41, 5.74) is 0.462. The van der Waals surface area contributed by atoms with Gasteiger partial charge in [0.2, 0.25) is 0 Å². The Labute approximate surface area is 104 Å². The number of carboxylic acid groups (broad SMARTS) is 1. The molecule has 2 rings (SSSR count). The summed E-state index contributed by atoms with van der Waals surface area (Å²) < 4.78 is 13.5. The predicted molar refractivity (Wildman–Crippen MR) is 63.6 cm³/mol. The third kappa shape index (κ3) is 2.02. The van der Waals surface area contributed by atoms with E-state index < -0.39 is 17.7 Å². The number of hydrogen-bond acceptors (Lipinski definition) is 3. The quantitative estimate of drug-likeness (QED) is 0.867. The Hall–Kier alpha value is -2.09. The van der Waals surface area contributed by atoms with E-state index in [1.54, 1.807) is 11.0 Å². The lowest BCUT2D eigenvalue weighted by molar-refractivity contribution is -0.142. The molecule has 0 bridgehead atoms. The maximum absolute atomic E-state index is 13.5. The summed E-state index contributed by atoms with van der Waals surface area (Å²) >= 11 is 0. The number of rotatable bonds is 2. The molecule has 0 aromatic heterocycles. The molecule has 1 heterocycles. The Bertz CT molecular complexity index is 524. The lowest BCUT2D eigenvalue weighted by Gasteiger charge is -2.19. The fraction of sp³-hybridized carbons (Fsp3) is 0.385. The van der Waals surface area contributed by atoms with E-state index in [9.17, 15) is 9.18 Å². The van der Waals surface area contributed by atoms with Crippen molar-refractivity contribution in [3.63, 3.8) is 0 Å². The van der Waals surface area contributed by atoms with Crippen molar-refractivity contribution in [2.75, 3.05) is 18.0 Å². The summed E-state index contributed by atoms with van der Waals surface area (Å²) in [4.78, 5) is 12.8. The molecule has 1 fully saturated rings. The SMILES string of the molecule is C[C@@H]1CN(c2cccc(F)c2C#N)C[C@H]1C(=O)O. The van der Waals surface area contributed by atoms with Crippen molar-refractivity contribution in [3.8, 4) is 6.07 Å². The van der Waals surface area contributed by atoms with Crippen LogP contribution in [0.2, 0.25) is 0 Å². The van der Waals surface area contributed by atoms with Gasteiger partial charge in [0.25, 0.3) is 0 Å². The van der Waals surface area contributed by atoms with E-state index in [2.05, 4.69) is 0 Å². The molecule has 5 heteroatoms. The van der Waals surface area contributed by atoms with Gasteiger partial charge in [0.05, 0.1) is 11.6 Å². The Balaban J connectivity index is 2.33. The van der Waals surface area contributed by atoms with Crippen molar-refractivity contribution in [1.82, 2.24) is 0 Å². The molecular formula is C13H13FN2O2. The van der Waals surface area contributed by atoms with Crippen LogP contribution in [0.1, 0.15) is 12.5 Å². The Kier molecular flexibility index (Phi) is 3.19. The van der Waals surface area contributed by atoms with Crippen LogP contribution in [0.15, 0.2) is 18.2 Å². The van der Waals surface area contributed by atoms with E-state index in [4.69, 9.17) is 10.4 Å². The molecule has 0 saturated carbocycles. The van der Waals surface area contributed by atoms with Gasteiger partial charge in [0, 0.05) is 13.1 Å². The number of carbonyl (C=O) groups is 1. The molecule has 0 spiro atoms. The van der Waals surface area contributed by atoms with Crippen LogP contribution in [-0.2, 0) is 4.79 Å². The molecule has 2 atom stereocenters. The van der Waals surface area contributed by atoms with Crippen molar-refractivity contribution in [1.29, 1.82) is 5.26 Å². The van der Waals surface area contributed by atoms with Crippen molar-refractivity contribution in [2.24, 2.45) is 11.8 Å². The average molecular weight is 248 g/mol. The summed E-state index contributed by atoms with van der Waals surface area (Å²) in [6, 6.07) is 6.25. The van der Waals surface area contributed by atoms with Crippen molar-refractivity contribution in [3.05, 3.63) is 29.6 Å². The molecule has 0 amide bonds. The number of aliphatic carboxylic acids is 1. The standard InChI is InChI=1S/C13H13FN2O2/c1-8-6-16(7-10(8)13(17)18)12-4-2-3-11(14)9(12)5-15/h2-4,8,10H,6-7H2,1H3,(H,17,18)/t8-,10-/m1/s1. The second-order valence-electron chi connectivity index (χ2n) is 4.57. The fourth-order valence-corrected chi connectivity index (χ4v) is 2.37. The van der Waals surface area contributed by atoms with Crippen molar-refractivity contribution in [2.45, 2.75) is 6.92 Å². The molecule has 1 saturated heterocycles. The molecule has 0 aliphatic carbocycles. The van der Waals surface area contributed by atoms with Gasteiger partial charge < -0.3 is 10.0 Å². The number of benzene rings is 1. The number of nitriles is 1. The molecule has 1 N–H and O–H groups in total. The van der Waals surface area contributed by atoms with E-state index in [-0.39, 0.29) is 11.5 Å². The molecule has 1 aliphatic rings. The molecule has 1 aromatic carbocycles. The highest BCUT2D eigenvalue weighted by Crippen LogP contribution is 2.31. The van der Waals surface area contributed by atoms with Crippen LogP contribution >= 0.6 is 0 Å². The normalized spacial score (nSPS) is 22.8. The molecule has 1 aliphatic heterocycles. The van der Waals surface area contributed by atoms with Gasteiger partial charge in [-0.1, -0.05) is 13.0 Å². The molecule has 4 nitrogen and oxygen atoms in total. The Morgan fingerprint density at radius 3 is 2.83 bits per heavy atom. The van der Waals surface area contributed by atoms with E-state index in [1.807, 2.05) is 13.0 Å². The number of anilines is 1. The zero-order chi connectivity index (χ0) is 13.3. The van der Waals surface area contributed by atoms with Gasteiger partial charge in [0.1, 0.15) is 17.4 Å². The van der Waals surface area contributed by atoms with Crippen LogP contribution in [-0.4, -0.2) is 24.2 Å². The second kappa shape index (κ2) is 4.65. The van der Waals surface area contributed by atoms with Gasteiger partial charge in [-0.15, -0.1) is 0 Å². The maximum atomic E-state index is 13.5. The molecule has 1 aromatic rings. The highest BCUT2D eigenvalue weighted by Gasteiger charge is 2.35. The van der Waals surface area contributed by atoms with Gasteiger partial charge >= 0.3 is 5.97 Å². The Morgan fingerprint density at radius 1 is 1.56 bits per heavy atom. The van der Waals surface area contributed by atoms with Crippen LogP contribution in [0.5, 0.6) is 0 Å². The van der Waals surface area contributed by atoms with Crippen LogP contribution in [0.4, 0.5) is 10.1 Å². The first-order valence-corrected chi connectivity index (χ1v) is 5.71. The van der Waals surface area contributed by atoms with E-state index in [0.717, 1.165) is 0 Å². The third-order valence-corrected chi connectivity index (χ3v) is 3.37. The van der Waals surface area contributed by atoms with Crippen molar-refractivity contribution < 1.29 is 14.3 Å². The molecule has 94 valence electrons. The van der Waals surface area contributed by atoms with Crippen molar-refractivity contribution >= 4 is 11.7 Å². The lowest BCUT2D eigenvalue weighted by Crippen LogP contribution is -2.23. The molecular weight excluding hydrogens is 235 g/mol. The molecule has 0 radical (unpaired) electrons. The Morgan fingerprint density at radius 2 is 2.28 bits per heavy atom. The highest BCUT2D eigenvalue weighted by molar-refractivity contribution is 5.73. The second-order valence-corrected chi connectivity index (χ2v) is 4.57. The molecule has 0 unspecified atom stereocenters.